The van der Waals surface area contributed by atoms with Crippen LogP contribution in [-0.2, 0) is 14.6 Å². The number of hydrazone groups is 1. The van der Waals surface area contributed by atoms with Crippen molar-refractivity contribution >= 4 is 21.5 Å². The topological polar surface area (TPSA) is 73.3 Å². The van der Waals surface area contributed by atoms with Gasteiger partial charge in [-0.3, -0.25) is 14.6 Å². The van der Waals surface area contributed by atoms with E-state index in [1.165, 1.54) is 0 Å². The Hall–Kier alpha value is -1.77. The van der Waals surface area contributed by atoms with E-state index in [0.29, 0.717) is 31.0 Å². The van der Waals surface area contributed by atoms with Gasteiger partial charge in [0.15, 0.2) is 9.84 Å². The summed E-state index contributed by atoms with van der Waals surface area (Å²) in [5, 5.41) is 6.21. The predicted octanol–water partition coefficient (Wildman–Crippen LogP) is 0.775. The van der Waals surface area contributed by atoms with Crippen molar-refractivity contribution in [1.82, 2.24) is 14.8 Å². The van der Waals surface area contributed by atoms with E-state index in [1.54, 1.807) is 5.01 Å². The molecule has 1 aromatic rings. The summed E-state index contributed by atoms with van der Waals surface area (Å²) in [6.07, 6.45) is 1.93. The van der Waals surface area contributed by atoms with Crippen molar-refractivity contribution < 1.29 is 13.2 Å². The summed E-state index contributed by atoms with van der Waals surface area (Å²) < 4.78 is 23.4. The fraction of sp³-hybridized carbons (Fsp3) is 0.579. The Kier molecular flexibility index (Phi) is 5.29. The zero-order valence-corrected chi connectivity index (χ0v) is 16.3. The first-order valence-electron chi connectivity index (χ1n) is 9.60. The highest BCUT2D eigenvalue weighted by Gasteiger charge is 2.34. The smallest absolute Gasteiger partial charge is 0.244 e. The Morgan fingerprint density at radius 3 is 2.44 bits per heavy atom. The van der Waals surface area contributed by atoms with E-state index in [4.69, 9.17) is 0 Å². The number of sulfone groups is 1. The number of piperazine rings is 1. The summed E-state index contributed by atoms with van der Waals surface area (Å²) in [5.74, 6) is 0.679. The molecule has 1 amide bonds. The number of hydrogen-bond donors (Lipinski definition) is 0. The van der Waals surface area contributed by atoms with E-state index in [0.717, 1.165) is 43.9 Å². The van der Waals surface area contributed by atoms with Gasteiger partial charge >= 0.3 is 0 Å². The summed E-state index contributed by atoms with van der Waals surface area (Å²) in [6.45, 7) is 3.86. The van der Waals surface area contributed by atoms with Crippen LogP contribution in [-0.4, -0.2) is 85.2 Å². The first-order valence-corrected chi connectivity index (χ1v) is 11.4. The van der Waals surface area contributed by atoms with E-state index in [2.05, 4.69) is 14.9 Å². The standard InChI is InChI=1S/C19H26N4O3S/c24-19-7-6-18(16-4-2-1-3-5-16)20-23(19)15-21-9-11-22(12-10-21)17-8-13-27(25,26)14-17/h1-5,17H,6-15H2/t17-/m0/s1. The molecule has 8 heteroatoms. The third kappa shape index (κ3) is 4.39. The molecule has 0 bridgehead atoms. The lowest BCUT2D eigenvalue weighted by Gasteiger charge is -2.39. The molecule has 2 fully saturated rings. The highest BCUT2D eigenvalue weighted by Crippen LogP contribution is 2.20. The van der Waals surface area contributed by atoms with Gasteiger partial charge in [0.1, 0.15) is 0 Å². The van der Waals surface area contributed by atoms with Gasteiger partial charge in [-0.15, -0.1) is 0 Å². The maximum absolute atomic E-state index is 12.3. The molecule has 0 spiro atoms. The molecule has 3 heterocycles. The maximum Gasteiger partial charge on any atom is 0.244 e. The molecule has 0 aromatic heterocycles. The SMILES string of the molecule is O=C1CCC(c2ccccc2)=NN1CN1CCN([C@H]2CCS(=O)(=O)C2)CC1. The van der Waals surface area contributed by atoms with Crippen molar-refractivity contribution in [3.63, 3.8) is 0 Å². The second-order valence-electron chi connectivity index (χ2n) is 7.56. The van der Waals surface area contributed by atoms with Crippen LogP contribution in [0, 0.1) is 0 Å². The van der Waals surface area contributed by atoms with Crippen LogP contribution >= 0.6 is 0 Å². The second-order valence-corrected chi connectivity index (χ2v) is 9.79. The zero-order chi connectivity index (χ0) is 18.9. The number of hydrogen-bond acceptors (Lipinski definition) is 6. The molecule has 0 saturated carbocycles. The van der Waals surface area contributed by atoms with Crippen LogP contribution in [0.3, 0.4) is 0 Å². The van der Waals surface area contributed by atoms with Gasteiger partial charge in [-0.1, -0.05) is 30.3 Å². The van der Waals surface area contributed by atoms with Crippen LogP contribution in [0.2, 0.25) is 0 Å². The van der Waals surface area contributed by atoms with Crippen molar-refractivity contribution in [2.24, 2.45) is 5.10 Å². The molecule has 0 radical (unpaired) electrons. The monoisotopic (exact) mass is 390 g/mol. The fourth-order valence-corrected chi connectivity index (χ4v) is 5.83. The molecule has 4 rings (SSSR count). The molecule has 2 saturated heterocycles. The second kappa shape index (κ2) is 7.69. The average Bonchev–Trinajstić information content (AvgIpc) is 3.05. The number of carbonyl (C=O) groups excluding carboxylic acids is 1. The lowest BCUT2D eigenvalue weighted by Crippen LogP contribution is -2.53. The quantitative estimate of drug-likeness (QED) is 0.760. The number of carbonyl (C=O) groups is 1. The van der Waals surface area contributed by atoms with Crippen molar-refractivity contribution in [2.75, 3.05) is 44.4 Å². The highest BCUT2D eigenvalue weighted by molar-refractivity contribution is 7.91. The molecule has 3 aliphatic rings. The van der Waals surface area contributed by atoms with Crippen LogP contribution in [0.15, 0.2) is 35.4 Å². The molecular weight excluding hydrogens is 364 g/mol. The summed E-state index contributed by atoms with van der Waals surface area (Å²) >= 11 is 0. The molecule has 1 aromatic carbocycles. The predicted molar refractivity (Wildman–Crippen MR) is 104 cm³/mol. The van der Waals surface area contributed by atoms with Crippen molar-refractivity contribution in [3.05, 3.63) is 35.9 Å². The molecule has 146 valence electrons. The minimum Gasteiger partial charge on any atom is -0.297 e. The number of rotatable bonds is 4. The molecule has 0 unspecified atom stereocenters. The first kappa shape index (κ1) is 18.6. The third-order valence-corrected chi connectivity index (χ3v) is 7.43. The average molecular weight is 391 g/mol. The van der Waals surface area contributed by atoms with Crippen molar-refractivity contribution in [1.29, 1.82) is 0 Å². The van der Waals surface area contributed by atoms with Gasteiger partial charge in [0.2, 0.25) is 5.91 Å². The normalized spacial score (nSPS) is 27.0. The molecule has 7 nitrogen and oxygen atoms in total. The lowest BCUT2D eigenvalue weighted by atomic mass is 10.0. The van der Waals surface area contributed by atoms with Crippen LogP contribution in [0.4, 0.5) is 0 Å². The van der Waals surface area contributed by atoms with E-state index < -0.39 is 9.84 Å². The van der Waals surface area contributed by atoms with Gasteiger partial charge in [0, 0.05) is 45.1 Å². The van der Waals surface area contributed by atoms with Crippen molar-refractivity contribution in [2.45, 2.75) is 25.3 Å². The molecule has 3 aliphatic heterocycles. The van der Waals surface area contributed by atoms with E-state index in [-0.39, 0.29) is 11.9 Å². The Morgan fingerprint density at radius 2 is 1.78 bits per heavy atom. The van der Waals surface area contributed by atoms with E-state index >= 15 is 0 Å². The Labute approximate surface area is 160 Å². The summed E-state index contributed by atoms with van der Waals surface area (Å²) in [4.78, 5) is 16.8. The van der Waals surface area contributed by atoms with Crippen molar-refractivity contribution in [3.8, 4) is 0 Å². The van der Waals surface area contributed by atoms with Gasteiger partial charge in [-0.05, 0) is 12.0 Å². The molecule has 27 heavy (non-hydrogen) atoms. The van der Waals surface area contributed by atoms with Gasteiger partial charge in [-0.2, -0.15) is 5.10 Å². The number of amides is 1. The van der Waals surface area contributed by atoms with Gasteiger partial charge in [0.25, 0.3) is 0 Å². The Morgan fingerprint density at radius 1 is 1.04 bits per heavy atom. The molecule has 0 aliphatic carbocycles. The lowest BCUT2D eigenvalue weighted by molar-refractivity contribution is -0.134. The number of nitrogens with zero attached hydrogens (tertiary/aromatic N) is 4. The first-order chi connectivity index (χ1) is 13.0. The Bertz CT molecular complexity index is 817. The summed E-state index contributed by atoms with van der Waals surface area (Å²) in [7, 11) is -2.85. The fourth-order valence-electron chi connectivity index (χ4n) is 4.07. The zero-order valence-electron chi connectivity index (χ0n) is 15.5. The van der Waals surface area contributed by atoms with Crippen LogP contribution < -0.4 is 0 Å². The maximum atomic E-state index is 12.3. The highest BCUT2D eigenvalue weighted by atomic mass is 32.2. The number of benzene rings is 1. The van der Waals surface area contributed by atoms with E-state index in [1.807, 2.05) is 30.3 Å². The van der Waals surface area contributed by atoms with Gasteiger partial charge < -0.3 is 0 Å². The summed E-state index contributed by atoms with van der Waals surface area (Å²) in [5.41, 5.74) is 2.03. The van der Waals surface area contributed by atoms with Gasteiger partial charge in [0.05, 0.1) is 23.9 Å². The minimum absolute atomic E-state index is 0.0685. The minimum atomic E-state index is -2.85. The van der Waals surface area contributed by atoms with Crippen LogP contribution in [0.25, 0.3) is 0 Å². The van der Waals surface area contributed by atoms with Crippen LogP contribution in [0.1, 0.15) is 24.8 Å². The summed E-state index contributed by atoms with van der Waals surface area (Å²) in [6, 6.07) is 10.2. The Balaban J connectivity index is 1.35. The molecule has 1 atom stereocenters. The third-order valence-electron chi connectivity index (χ3n) is 5.68. The van der Waals surface area contributed by atoms with E-state index in [9.17, 15) is 13.2 Å². The van der Waals surface area contributed by atoms with Gasteiger partial charge in [-0.25, -0.2) is 13.4 Å². The molecular formula is C19H26N4O3S. The molecule has 0 N–H and O–H groups in total. The van der Waals surface area contributed by atoms with Crippen LogP contribution in [0.5, 0.6) is 0 Å². The largest absolute Gasteiger partial charge is 0.297 e.